The van der Waals surface area contributed by atoms with Crippen LogP contribution in [0.2, 0.25) is 0 Å². The third-order valence-electron chi connectivity index (χ3n) is 2.28. The fourth-order valence-corrected chi connectivity index (χ4v) is 1.59. The molecule has 0 radical (unpaired) electrons. The number of benzene rings is 1. The minimum atomic E-state index is -0.868. The molecule has 0 amide bonds. The summed E-state index contributed by atoms with van der Waals surface area (Å²) in [4.78, 5) is 11.1. The molecule has 0 bridgehead atoms. The maximum absolute atomic E-state index is 11.1. The van der Waals surface area contributed by atoms with Crippen LogP contribution in [0, 0.1) is 0 Å². The standard InChI is InChI=1S/C13H19NO3/c1-13(2,3)14-11(12(16)17)8-9-4-6-10(15)7-5-9/h4-7,11,14-15H,8H2,1-3H3,(H,16,17). The maximum Gasteiger partial charge on any atom is 0.321 e. The predicted octanol–water partition coefficient (Wildman–Crippen LogP) is 1.78. The summed E-state index contributed by atoms with van der Waals surface area (Å²) in [6.45, 7) is 5.79. The minimum Gasteiger partial charge on any atom is -0.508 e. The molecular formula is C13H19NO3. The van der Waals surface area contributed by atoms with Crippen LogP contribution in [0.25, 0.3) is 0 Å². The highest BCUT2D eigenvalue weighted by Crippen LogP contribution is 2.12. The molecule has 17 heavy (non-hydrogen) atoms. The first-order chi connectivity index (χ1) is 7.78. The van der Waals surface area contributed by atoms with Crippen LogP contribution in [0.5, 0.6) is 5.75 Å². The molecular weight excluding hydrogens is 218 g/mol. The lowest BCUT2D eigenvalue weighted by Gasteiger charge is -2.26. The first kappa shape index (κ1) is 13.5. The molecule has 1 aromatic carbocycles. The van der Waals surface area contributed by atoms with Crippen molar-refractivity contribution in [2.45, 2.75) is 38.8 Å². The Hall–Kier alpha value is -1.55. The lowest BCUT2D eigenvalue weighted by atomic mass is 10.0. The Balaban J connectivity index is 2.73. The summed E-state index contributed by atoms with van der Waals surface area (Å²) in [6.07, 6.45) is 0.396. The second-order valence-corrected chi connectivity index (χ2v) is 5.16. The highest BCUT2D eigenvalue weighted by Gasteiger charge is 2.23. The number of hydrogen-bond donors (Lipinski definition) is 3. The highest BCUT2D eigenvalue weighted by atomic mass is 16.4. The van der Waals surface area contributed by atoms with Gasteiger partial charge in [-0.1, -0.05) is 12.1 Å². The van der Waals surface area contributed by atoms with Crippen LogP contribution in [0.3, 0.4) is 0 Å². The number of nitrogens with one attached hydrogen (secondary N) is 1. The molecule has 0 aliphatic carbocycles. The zero-order valence-electron chi connectivity index (χ0n) is 10.4. The molecule has 1 unspecified atom stereocenters. The number of aromatic hydroxyl groups is 1. The zero-order chi connectivity index (χ0) is 13.1. The van der Waals surface area contributed by atoms with Gasteiger partial charge in [0.1, 0.15) is 11.8 Å². The van der Waals surface area contributed by atoms with Gasteiger partial charge in [0.15, 0.2) is 0 Å². The summed E-state index contributed by atoms with van der Waals surface area (Å²) < 4.78 is 0. The van der Waals surface area contributed by atoms with Crippen molar-refractivity contribution >= 4 is 5.97 Å². The molecule has 1 aromatic rings. The van der Waals surface area contributed by atoms with Gasteiger partial charge in [-0.2, -0.15) is 0 Å². The van der Waals surface area contributed by atoms with Gasteiger partial charge >= 0.3 is 5.97 Å². The predicted molar refractivity (Wildman–Crippen MR) is 66.1 cm³/mol. The smallest absolute Gasteiger partial charge is 0.321 e. The molecule has 94 valence electrons. The van der Waals surface area contributed by atoms with Gasteiger partial charge in [-0.15, -0.1) is 0 Å². The van der Waals surface area contributed by atoms with Crippen LogP contribution in [0.15, 0.2) is 24.3 Å². The number of rotatable bonds is 4. The molecule has 3 N–H and O–H groups in total. The van der Waals surface area contributed by atoms with Crippen LogP contribution >= 0.6 is 0 Å². The maximum atomic E-state index is 11.1. The molecule has 0 aliphatic rings. The number of carboxylic acids is 1. The van der Waals surface area contributed by atoms with Crippen molar-refractivity contribution < 1.29 is 15.0 Å². The van der Waals surface area contributed by atoms with Gasteiger partial charge in [0.05, 0.1) is 0 Å². The number of hydrogen-bond acceptors (Lipinski definition) is 3. The van der Waals surface area contributed by atoms with Gasteiger partial charge in [0.2, 0.25) is 0 Å². The molecule has 0 heterocycles. The van der Waals surface area contributed by atoms with Crippen molar-refractivity contribution in [1.29, 1.82) is 0 Å². The van der Waals surface area contributed by atoms with E-state index in [1.54, 1.807) is 24.3 Å². The van der Waals surface area contributed by atoms with E-state index in [2.05, 4.69) is 5.32 Å². The van der Waals surface area contributed by atoms with Gasteiger partial charge in [-0.05, 0) is 44.9 Å². The summed E-state index contributed by atoms with van der Waals surface area (Å²) >= 11 is 0. The van der Waals surface area contributed by atoms with Crippen LogP contribution in [-0.4, -0.2) is 27.8 Å². The van der Waals surface area contributed by atoms with Gasteiger partial charge in [-0.3, -0.25) is 10.1 Å². The molecule has 0 saturated heterocycles. The Kier molecular flexibility index (Phi) is 4.12. The van der Waals surface area contributed by atoms with Gasteiger partial charge in [-0.25, -0.2) is 0 Å². The second kappa shape index (κ2) is 5.19. The van der Waals surface area contributed by atoms with Gasteiger partial charge < -0.3 is 10.2 Å². The number of phenolic OH excluding ortho intramolecular Hbond substituents is 1. The fourth-order valence-electron chi connectivity index (χ4n) is 1.59. The topological polar surface area (TPSA) is 69.6 Å². The van der Waals surface area contributed by atoms with Crippen molar-refractivity contribution in [1.82, 2.24) is 5.32 Å². The first-order valence-electron chi connectivity index (χ1n) is 5.56. The van der Waals surface area contributed by atoms with Crippen molar-refractivity contribution in [2.75, 3.05) is 0 Å². The summed E-state index contributed by atoms with van der Waals surface area (Å²) in [7, 11) is 0. The Bertz CT molecular complexity index is 379. The Morgan fingerprint density at radius 2 is 1.82 bits per heavy atom. The van der Waals surface area contributed by atoms with E-state index in [0.29, 0.717) is 6.42 Å². The Morgan fingerprint density at radius 1 is 1.29 bits per heavy atom. The van der Waals surface area contributed by atoms with Gasteiger partial charge in [0.25, 0.3) is 0 Å². The minimum absolute atomic E-state index is 0.185. The third kappa shape index (κ3) is 4.87. The van der Waals surface area contributed by atoms with Crippen molar-refractivity contribution in [3.63, 3.8) is 0 Å². The van der Waals surface area contributed by atoms with E-state index in [1.807, 2.05) is 20.8 Å². The third-order valence-corrected chi connectivity index (χ3v) is 2.28. The van der Waals surface area contributed by atoms with E-state index in [0.717, 1.165) is 5.56 Å². The molecule has 1 rings (SSSR count). The average molecular weight is 237 g/mol. The van der Waals surface area contributed by atoms with Crippen molar-refractivity contribution in [3.05, 3.63) is 29.8 Å². The fraction of sp³-hybridized carbons (Fsp3) is 0.462. The molecule has 0 aliphatic heterocycles. The van der Waals surface area contributed by atoms with E-state index >= 15 is 0 Å². The number of aliphatic carboxylic acids is 1. The largest absolute Gasteiger partial charge is 0.508 e. The highest BCUT2D eigenvalue weighted by molar-refractivity contribution is 5.74. The van der Waals surface area contributed by atoms with E-state index < -0.39 is 12.0 Å². The first-order valence-corrected chi connectivity index (χ1v) is 5.56. The monoisotopic (exact) mass is 237 g/mol. The van der Waals surface area contributed by atoms with Crippen molar-refractivity contribution in [3.8, 4) is 5.75 Å². The summed E-state index contributed by atoms with van der Waals surface area (Å²) in [5, 5.41) is 21.4. The molecule has 0 fully saturated rings. The Labute approximate surface area is 101 Å². The summed E-state index contributed by atoms with van der Waals surface area (Å²) in [5.74, 6) is -0.683. The van der Waals surface area contributed by atoms with E-state index in [1.165, 1.54) is 0 Å². The lowest BCUT2D eigenvalue weighted by Crippen LogP contribution is -2.48. The Morgan fingerprint density at radius 3 is 2.24 bits per heavy atom. The second-order valence-electron chi connectivity index (χ2n) is 5.16. The van der Waals surface area contributed by atoms with Crippen LogP contribution in [0.4, 0.5) is 0 Å². The zero-order valence-corrected chi connectivity index (χ0v) is 10.4. The van der Waals surface area contributed by atoms with E-state index in [-0.39, 0.29) is 11.3 Å². The molecule has 1 atom stereocenters. The van der Waals surface area contributed by atoms with Crippen molar-refractivity contribution in [2.24, 2.45) is 0 Å². The summed E-state index contributed by atoms with van der Waals surface area (Å²) in [6, 6.07) is 5.96. The SMILES string of the molecule is CC(C)(C)NC(Cc1ccc(O)cc1)C(=O)O. The van der Waals surface area contributed by atoms with Crippen LogP contribution in [-0.2, 0) is 11.2 Å². The summed E-state index contributed by atoms with van der Waals surface area (Å²) in [5.41, 5.74) is 0.631. The molecule has 0 aromatic heterocycles. The lowest BCUT2D eigenvalue weighted by molar-refractivity contribution is -0.140. The molecule has 0 saturated carbocycles. The van der Waals surface area contributed by atoms with E-state index in [9.17, 15) is 4.79 Å². The average Bonchev–Trinajstić information content (AvgIpc) is 2.18. The van der Waals surface area contributed by atoms with Crippen LogP contribution in [0.1, 0.15) is 26.3 Å². The number of carbonyl (C=O) groups is 1. The normalized spacial score (nSPS) is 13.4. The number of phenols is 1. The molecule has 0 spiro atoms. The molecule has 4 heteroatoms. The van der Waals surface area contributed by atoms with Crippen LogP contribution < -0.4 is 5.32 Å². The van der Waals surface area contributed by atoms with E-state index in [4.69, 9.17) is 10.2 Å². The number of carboxylic acid groups (broad SMARTS) is 1. The quantitative estimate of drug-likeness (QED) is 0.746. The van der Waals surface area contributed by atoms with Gasteiger partial charge in [0, 0.05) is 5.54 Å². The molecule has 4 nitrogen and oxygen atoms in total.